The molecule has 1 nitrogen and oxygen atoms in total. The molecular formula is C21H42N+. The molecular weight excluding hydrogens is 266 g/mol. The van der Waals surface area contributed by atoms with E-state index in [0.717, 1.165) is 47.6 Å². The van der Waals surface area contributed by atoms with Gasteiger partial charge in [0.2, 0.25) is 0 Å². The molecule has 8 unspecified atom stereocenters. The zero-order valence-corrected chi connectivity index (χ0v) is 16.6. The van der Waals surface area contributed by atoms with Gasteiger partial charge in [-0.25, -0.2) is 0 Å². The number of hydrogen-bond donors (Lipinski definition) is 0. The second-order valence-electron chi connectivity index (χ2n) is 9.15. The maximum atomic E-state index is 2.52. The summed E-state index contributed by atoms with van der Waals surface area (Å²) in [5, 5.41) is 0. The predicted molar refractivity (Wildman–Crippen MR) is 97.8 cm³/mol. The molecule has 0 radical (unpaired) electrons. The Morgan fingerprint density at radius 3 is 2.00 bits per heavy atom. The third-order valence-corrected chi connectivity index (χ3v) is 8.08. The Kier molecular flexibility index (Phi) is 5.68. The molecule has 0 amide bonds. The highest BCUT2D eigenvalue weighted by Crippen LogP contribution is 2.61. The zero-order valence-electron chi connectivity index (χ0n) is 16.6. The first-order chi connectivity index (χ1) is 10.3. The fraction of sp³-hybridized carbons (Fsp3) is 1.00. The minimum absolute atomic E-state index is 0.810. The van der Waals surface area contributed by atoms with Crippen LogP contribution in [0.3, 0.4) is 0 Å². The van der Waals surface area contributed by atoms with Crippen molar-refractivity contribution in [2.75, 3.05) is 13.6 Å². The van der Waals surface area contributed by atoms with Crippen molar-refractivity contribution < 1.29 is 4.48 Å². The zero-order chi connectivity index (χ0) is 16.7. The van der Waals surface area contributed by atoms with Gasteiger partial charge in [0.05, 0.1) is 13.1 Å². The van der Waals surface area contributed by atoms with Gasteiger partial charge in [-0.2, -0.15) is 0 Å². The van der Waals surface area contributed by atoms with Crippen molar-refractivity contribution in [1.82, 2.24) is 0 Å². The maximum absolute atomic E-state index is 2.52. The van der Waals surface area contributed by atoms with Crippen LogP contribution in [-0.2, 0) is 0 Å². The Hall–Kier alpha value is -0.0400. The molecule has 0 bridgehead atoms. The normalized spacial score (nSPS) is 41.3. The Bertz CT molecular complexity index is 363. The van der Waals surface area contributed by atoms with Gasteiger partial charge in [-0.3, -0.25) is 0 Å². The quantitative estimate of drug-likeness (QED) is 0.384. The lowest BCUT2D eigenvalue weighted by atomic mass is 9.78. The summed E-state index contributed by atoms with van der Waals surface area (Å²) in [6.07, 6.45) is 5.65. The first kappa shape index (κ1) is 18.3. The first-order valence-electron chi connectivity index (χ1n) is 10.2. The van der Waals surface area contributed by atoms with Crippen LogP contribution in [0.5, 0.6) is 0 Å². The van der Waals surface area contributed by atoms with Gasteiger partial charge in [-0.1, -0.05) is 53.9 Å². The molecule has 22 heavy (non-hydrogen) atoms. The standard InChI is InChI=1S/C21H42N/c1-9-15(6)16(7)17(10-2)12-19-18(11-3)21(19)20-13-22(20,8)14(4)5/h14-21H,9-13H2,1-8H3/q+1. The summed E-state index contributed by atoms with van der Waals surface area (Å²) in [7, 11) is 2.50. The molecule has 1 saturated carbocycles. The molecule has 1 heterocycles. The van der Waals surface area contributed by atoms with Crippen molar-refractivity contribution in [3.8, 4) is 0 Å². The van der Waals surface area contributed by atoms with Gasteiger partial charge in [0, 0.05) is 5.92 Å². The molecule has 0 aromatic carbocycles. The highest BCUT2D eigenvalue weighted by molar-refractivity contribution is 5.05. The molecule has 1 aliphatic heterocycles. The number of likely N-dealkylation sites (N-methyl/N-ethyl adjacent to an activating group) is 1. The molecule has 2 rings (SSSR count). The highest BCUT2D eigenvalue weighted by Gasteiger charge is 2.68. The van der Waals surface area contributed by atoms with Crippen LogP contribution < -0.4 is 0 Å². The van der Waals surface area contributed by atoms with Gasteiger partial charge in [0.15, 0.2) is 0 Å². The number of hydrogen-bond acceptors (Lipinski definition) is 0. The molecule has 2 fully saturated rings. The average Bonchev–Trinajstić information content (AvgIpc) is 3.37. The van der Waals surface area contributed by atoms with Gasteiger partial charge < -0.3 is 4.48 Å². The van der Waals surface area contributed by atoms with Crippen molar-refractivity contribution in [1.29, 1.82) is 0 Å². The average molecular weight is 309 g/mol. The lowest BCUT2D eigenvalue weighted by molar-refractivity contribution is -0.817. The Labute approximate surface area is 140 Å². The van der Waals surface area contributed by atoms with Crippen molar-refractivity contribution in [2.24, 2.45) is 35.5 Å². The predicted octanol–water partition coefficient (Wildman–Crippen LogP) is 5.59. The Balaban J connectivity index is 1.95. The van der Waals surface area contributed by atoms with Crippen molar-refractivity contribution >= 4 is 0 Å². The monoisotopic (exact) mass is 308 g/mol. The molecule has 8 atom stereocenters. The van der Waals surface area contributed by atoms with Gasteiger partial charge in [0.25, 0.3) is 0 Å². The first-order valence-corrected chi connectivity index (χ1v) is 10.2. The van der Waals surface area contributed by atoms with E-state index < -0.39 is 0 Å². The Morgan fingerprint density at radius 2 is 1.59 bits per heavy atom. The second-order valence-corrected chi connectivity index (χ2v) is 9.15. The SMILES string of the molecule is CCC(C)C(C)C(CC)CC1C(CC)C1C1C[N+]1(C)C(C)C. The van der Waals surface area contributed by atoms with E-state index in [0.29, 0.717) is 0 Å². The van der Waals surface area contributed by atoms with E-state index in [2.05, 4.69) is 55.5 Å². The van der Waals surface area contributed by atoms with E-state index >= 15 is 0 Å². The molecule has 1 aliphatic carbocycles. The maximum Gasteiger partial charge on any atom is 0.142 e. The van der Waals surface area contributed by atoms with Crippen molar-refractivity contribution in [2.45, 2.75) is 86.2 Å². The molecule has 130 valence electrons. The fourth-order valence-electron chi connectivity index (χ4n) is 5.36. The van der Waals surface area contributed by atoms with E-state index in [9.17, 15) is 0 Å². The number of quaternary nitrogens is 1. The van der Waals surface area contributed by atoms with E-state index in [1.165, 1.54) is 36.7 Å². The van der Waals surface area contributed by atoms with Gasteiger partial charge in [-0.15, -0.1) is 0 Å². The van der Waals surface area contributed by atoms with Crippen LogP contribution in [0.1, 0.15) is 74.1 Å². The summed E-state index contributed by atoms with van der Waals surface area (Å²) in [4.78, 5) is 0. The second kappa shape index (κ2) is 6.83. The van der Waals surface area contributed by atoms with Crippen LogP contribution in [0, 0.1) is 35.5 Å². The van der Waals surface area contributed by atoms with Crippen LogP contribution in [0.2, 0.25) is 0 Å². The third kappa shape index (κ3) is 3.25. The smallest absolute Gasteiger partial charge is 0.142 e. The van der Waals surface area contributed by atoms with E-state index in [-0.39, 0.29) is 0 Å². The van der Waals surface area contributed by atoms with Crippen molar-refractivity contribution in [3.63, 3.8) is 0 Å². The summed E-state index contributed by atoms with van der Waals surface area (Å²) < 4.78 is 1.36. The number of rotatable bonds is 9. The minimum atomic E-state index is 0.810. The molecule has 0 aromatic rings. The summed E-state index contributed by atoms with van der Waals surface area (Å²) in [6.45, 7) is 18.5. The van der Waals surface area contributed by atoms with Gasteiger partial charge in [-0.05, 0) is 49.9 Å². The lowest BCUT2D eigenvalue weighted by Crippen LogP contribution is -2.32. The highest BCUT2D eigenvalue weighted by atomic mass is 15.5. The van der Waals surface area contributed by atoms with Crippen LogP contribution in [0.25, 0.3) is 0 Å². The fourth-order valence-corrected chi connectivity index (χ4v) is 5.36. The largest absolute Gasteiger partial charge is 0.312 e. The minimum Gasteiger partial charge on any atom is -0.312 e. The molecule has 1 heteroatoms. The van der Waals surface area contributed by atoms with E-state index in [4.69, 9.17) is 0 Å². The molecule has 0 aromatic heterocycles. The van der Waals surface area contributed by atoms with Crippen LogP contribution >= 0.6 is 0 Å². The van der Waals surface area contributed by atoms with Crippen LogP contribution in [0.15, 0.2) is 0 Å². The Morgan fingerprint density at radius 1 is 0.955 bits per heavy atom. The van der Waals surface area contributed by atoms with Crippen LogP contribution in [-0.4, -0.2) is 30.2 Å². The lowest BCUT2D eigenvalue weighted by Gasteiger charge is -2.28. The van der Waals surface area contributed by atoms with Crippen molar-refractivity contribution in [3.05, 3.63) is 0 Å². The molecule has 0 N–H and O–H groups in total. The summed E-state index contributed by atoms with van der Waals surface area (Å²) >= 11 is 0. The van der Waals surface area contributed by atoms with Gasteiger partial charge >= 0.3 is 0 Å². The molecule has 0 spiro atoms. The summed E-state index contributed by atoms with van der Waals surface area (Å²) in [5.41, 5.74) is 0. The van der Waals surface area contributed by atoms with Gasteiger partial charge in [0.1, 0.15) is 12.6 Å². The molecule has 2 aliphatic rings. The summed E-state index contributed by atoms with van der Waals surface area (Å²) in [5.74, 6) is 5.89. The number of nitrogens with zero attached hydrogens (tertiary/aromatic N) is 1. The van der Waals surface area contributed by atoms with Crippen LogP contribution in [0.4, 0.5) is 0 Å². The topological polar surface area (TPSA) is 0 Å². The molecule has 1 saturated heterocycles. The third-order valence-electron chi connectivity index (χ3n) is 8.08. The van der Waals surface area contributed by atoms with E-state index in [1.54, 1.807) is 0 Å². The summed E-state index contributed by atoms with van der Waals surface area (Å²) in [6, 6.07) is 1.80. The van der Waals surface area contributed by atoms with E-state index in [1.807, 2.05) is 0 Å².